The summed E-state index contributed by atoms with van der Waals surface area (Å²) in [6, 6.07) is 6.22. The van der Waals surface area contributed by atoms with Gasteiger partial charge >= 0.3 is 5.97 Å². The maximum Gasteiger partial charge on any atom is 0.337 e. The van der Waals surface area contributed by atoms with Crippen molar-refractivity contribution in [1.82, 2.24) is 4.98 Å². The third-order valence-electron chi connectivity index (χ3n) is 2.27. The molecule has 0 saturated heterocycles. The zero-order valence-corrected chi connectivity index (χ0v) is 11.6. The number of halogens is 3. The second-order valence-electron chi connectivity index (χ2n) is 3.61. The highest BCUT2D eigenvalue weighted by atomic mass is 35.5. The Bertz CT molecular complexity index is 647. The van der Waals surface area contributed by atoms with Gasteiger partial charge in [-0.3, -0.25) is 0 Å². The van der Waals surface area contributed by atoms with E-state index in [1.807, 2.05) is 0 Å². The topological polar surface area (TPSA) is 62.2 Å². The number of benzene rings is 1. The molecule has 19 heavy (non-hydrogen) atoms. The number of nitrogens with one attached hydrogen (secondary N) is 1. The number of rotatable bonds is 3. The Morgan fingerprint density at radius 3 is 2.47 bits per heavy atom. The minimum atomic E-state index is -1.09. The van der Waals surface area contributed by atoms with Gasteiger partial charge in [0.25, 0.3) is 0 Å². The van der Waals surface area contributed by atoms with Crippen LogP contribution in [0.5, 0.6) is 0 Å². The molecular formula is C12H7Cl3N2O2. The number of hydrogen-bond acceptors (Lipinski definition) is 3. The van der Waals surface area contributed by atoms with Crippen LogP contribution >= 0.6 is 34.8 Å². The van der Waals surface area contributed by atoms with E-state index < -0.39 is 5.97 Å². The number of carboxylic acids is 1. The van der Waals surface area contributed by atoms with Crippen LogP contribution in [0, 0.1) is 0 Å². The summed E-state index contributed by atoms with van der Waals surface area (Å²) in [5.74, 6) is -0.777. The molecule has 2 N–H and O–H groups in total. The van der Waals surface area contributed by atoms with Crippen LogP contribution in [0.4, 0.5) is 11.5 Å². The SMILES string of the molecule is O=C(O)c1cnc(Nc2ccc(Cl)cc2Cl)c(Cl)c1. The van der Waals surface area contributed by atoms with Crippen LogP contribution in [-0.4, -0.2) is 16.1 Å². The van der Waals surface area contributed by atoms with E-state index in [-0.39, 0.29) is 10.6 Å². The first kappa shape index (κ1) is 13.9. The third kappa shape index (κ3) is 3.29. The molecule has 1 aromatic heterocycles. The lowest BCUT2D eigenvalue weighted by Crippen LogP contribution is -2.00. The lowest BCUT2D eigenvalue weighted by atomic mass is 10.2. The van der Waals surface area contributed by atoms with Crippen molar-refractivity contribution in [2.75, 3.05) is 5.32 Å². The standard InChI is InChI=1S/C12H7Cl3N2O2/c13-7-1-2-10(8(14)4-7)17-11-9(15)3-6(5-16-11)12(18)19/h1-5H,(H,16,17)(H,18,19). The zero-order chi connectivity index (χ0) is 14.0. The monoisotopic (exact) mass is 316 g/mol. The molecule has 0 fully saturated rings. The van der Waals surface area contributed by atoms with Crippen LogP contribution in [0.1, 0.15) is 10.4 Å². The van der Waals surface area contributed by atoms with Crippen LogP contribution in [0.15, 0.2) is 30.5 Å². The Kier molecular flexibility index (Phi) is 4.14. The second kappa shape index (κ2) is 5.65. The number of aromatic carboxylic acids is 1. The van der Waals surface area contributed by atoms with Crippen LogP contribution in [0.25, 0.3) is 0 Å². The summed E-state index contributed by atoms with van der Waals surface area (Å²) in [4.78, 5) is 14.7. The number of aromatic nitrogens is 1. The first-order chi connectivity index (χ1) is 8.97. The smallest absolute Gasteiger partial charge is 0.337 e. The van der Waals surface area contributed by atoms with Gasteiger partial charge in [0, 0.05) is 11.2 Å². The number of anilines is 2. The average Bonchev–Trinajstić information content (AvgIpc) is 2.34. The van der Waals surface area contributed by atoms with Crippen molar-refractivity contribution in [3.8, 4) is 0 Å². The van der Waals surface area contributed by atoms with Gasteiger partial charge in [-0.1, -0.05) is 34.8 Å². The minimum Gasteiger partial charge on any atom is -0.478 e. The van der Waals surface area contributed by atoms with E-state index in [1.165, 1.54) is 12.3 Å². The van der Waals surface area contributed by atoms with Gasteiger partial charge in [-0.05, 0) is 24.3 Å². The number of nitrogens with zero attached hydrogens (tertiary/aromatic N) is 1. The molecule has 0 amide bonds. The van der Waals surface area contributed by atoms with Crippen LogP contribution < -0.4 is 5.32 Å². The highest BCUT2D eigenvalue weighted by Gasteiger charge is 2.10. The molecule has 0 atom stereocenters. The molecule has 0 spiro atoms. The van der Waals surface area contributed by atoms with E-state index in [1.54, 1.807) is 18.2 Å². The van der Waals surface area contributed by atoms with Crippen LogP contribution in [-0.2, 0) is 0 Å². The predicted molar refractivity (Wildman–Crippen MR) is 76.0 cm³/mol. The summed E-state index contributed by atoms with van der Waals surface area (Å²) in [5.41, 5.74) is 0.585. The molecule has 7 heteroatoms. The lowest BCUT2D eigenvalue weighted by Gasteiger charge is -2.09. The van der Waals surface area contributed by atoms with E-state index in [9.17, 15) is 4.79 Å². The fourth-order valence-electron chi connectivity index (χ4n) is 1.37. The Morgan fingerprint density at radius 2 is 1.89 bits per heavy atom. The van der Waals surface area contributed by atoms with Crippen molar-refractivity contribution in [3.05, 3.63) is 51.1 Å². The van der Waals surface area contributed by atoms with Crippen molar-refractivity contribution in [3.63, 3.8) is 0 Å². The molecule has 4 nitrogen and oxygen atoms in total. The summed E-state index contributed by atoms with van der Waals surface area (Å²) >= 11 is 17.7. The van der Waals surface area contributed by atoms with Gasteiger partial charge in [0.1, 0.15) is 5.82 Å². The summed E-state index contributed by atoms with van der Waals surface area (Å²) in [7, 11) is 0. The van der Waals surface area contributed by atoms with E-state index >= 15 is 0 Å². The third-order valence-corrected chi connectivity index (χ3v) is 3.11. The van der Waals surface area contributed by atoms with Gasteiger partial charge in [0.2, 0.25) is 0 Å². The molecule has 0 aliphatic heterocycles. The highest BCUT2D eigenvalue weighted by Crippen LogP contribution is 2.30. The predicted octanol–water partition coefficient (Wildman–Crippen LogP) is 4.48. The first-order valence-corrected chi connectivity index (χ1v) is 6.21. The molecule has 0 bridgehead atoms. The van der Waals surface area contributed by atoms with Crippen molar-refractivity contribution < 1.29 is 9.90 Å². The number of carboxylic acid groups (broad SMARTS) is 1. The van der Waals surface area contributed by atoms with Gasteiger partial charge < -0.3 is 10.4 Å². The summed E-state index contributed by atoms with van der Waals surface area (Å²) in [5, 5.41) is 12.8. The molecule has 1 aromatic carbocycles. The summed E-state index contributed by atoms with van der Waals surface area (Å²) in [6.07, 6.45) is 1.21. The second-order valence-corrected chi connectivity index (χ2v) is 4.86. The number of pyridine rings is 1. The van der Waals surface area contributed by atoms with Gasteiger partial charge in [-0.25, -0.2) is 9.78 Å². The Labute approximate surface area is 123 Å². The molecule has 1 heterocycles. The van der Waals surface area contributed by atoms with Gasteiger partial charge in [0.05, 0.1) is 21.3 Å². The summed E-state index contributed by atoms with van der Waals surface area (Å²) < 4.78 is 0. The highest BCUT2D eigenvalue weighted by molar-refractivity contribution is 6.37. The zero-order valence-electron chi connectivity index (χ0n) is 9.32. The molecule has 0 saturated carbocycles. The Hall–Kier alpha value is -1.49. The van der Waals surface area contributed by atoms with Crippen molar-refractivity contribution in [1.29, 1.82) is 0 Å². The van der Waals surface area contributed by atoms with Crippen molar-refractivity contribution in [2.45, 2.75) is 0 Å². The molecule has 0 unspecified atom stereocenters. The van der Waals surface area contributed by atoms with Gasteiger partial charge in [0.15, 0.2) is 0 Å². The number of carbonyl (C=O) groups is 1. The van der Waals surface area contributed by atoms with E-state index in [4.69, 9.17) is 39.9 Å². The molecule has 0 aliphatic rings. The van der Waals surface area contributed by atoms with E-state index in [0.29, 0.717) is 21.6 Å². The first-order valence-electron chi connectivity index (χ1n) is 5.08. The Balaban J connectivity index is 2.31. The van der Waals surface area contributed by atoms with Crippen LogP contribution in [0.2, 0.25) is 15.1 Å². The minimum absolute atomic E-state index is 0.0118. The number of hydrogen-bond donors (Lipinski definition) is 2. The van der Waals surface area contributed by atoms with E-state index in [0.717, 1.165) is 0 Å². The fraction of sp³-hybridized carbons (Fsp3) is 0. The molecule has 2 aromatic rings. The largest absolute Gasteiger partial charge is 0.478 e. The normalized spacial score (nSPS) is 10.3. The quantitative estimate of drug-likeness (QED) is 0.876. The maximum atomic E-state index is 10.8. The molecule has 2 rings (SSSR count). The molecule has 98 valence electrons. The van der Waals surface area contributed by atoms with Crippen LogP contribution in [0.3, 0.4) is 0 Å². The fourth-order valence-corrected chi connectivity index (χ4v) is 2.03. The average molecular weight is 318 g/mol. The van der Waals surface area contributed by atoms with Crippen molar-refractivity contribution in [2.24, 2.45) is 0 Å². The van der Waals surface area contributed by atoms with E-state index in [2.05, 4.69) is 10.3 Å². The van der Waals surface area contributed by atoms with Gasteiger partial charge in [-0.15, -0.1) is 0 Å². The van der Waals surface area contributed by atoms with Gasteiger partial charge in [-0.2, -0.15) is 0 Å². The molecule has 0 radical (unpaired) electrons. The summed E-state index contributed by atoms with van der Waals surface area (Å²) in [6.45, 7) is 0. The molecular weight excluding hydrogens is 311 g/mol. The molecule has 0 aliphatic carbocycles. The van der Waals surface area contributed by atoms with Crippen molar-refractivity contribution >= 4 is 52.3 Å². The Morgan fingerprint density at radius 1 is 1.16 bits per heavy atom. The maximum absolute atomic E-state index is 10.8. The lowest BCUT2D eigenvalue weighted by molar-refractivity contribution is 0.0696.